The van der Waals surface area contributed by atoms with Crippen LogP contribution in [0.4, 0.5) is 13.2 Å². The molecule has 102 valence electrons. The third-order valence-corrected chi connectivity index (χ3v) is 2.96. The lowest BCUT2D eigenvalue weighted by molar-refractivity contribution is -0.175. The van der Waals surface area contributed by atoms with Gasteiger partial charge in [-0.1, -0.05) is 13.8 Å². The van der Waals surface area contributed by atoms with E-state index in [1.54, 1.807) is 0 Å². The van der Waals surface area contributed by atoms with Crippen molar-refractivity contribution in [3.8, 4) is 0 Å². The lowest BCUT2D eigenvalue weighted by Gasteiger charge is -2.38. The van der Waals surface area contributed by atoms with Crippen molar-refractivity contribution in [2.75, 3.05) is 39.4 Å². The summed E-state index contributed by atoms with van der Waals surface area (Å²) in [5.74, 6) is 0.491. The van der Waals surface area contributed by atoms with Gasteiger partial charge in [0.1, 0.15) is 6.61 Å². The van der Waals surface area contributed by atoms with Gasteiger partial charge in [0.15, 0.2) is 0 Å². The summed E-state index contributed by atoms with van der Waals surface area (Å²) in [5, 5.41) is 3.30. The molecule has 1 rings (SSSR count). The van der Waals surface area contributed by atoms with E-state index in [-0.39, 0.29) is 6.61 Å². The van der Waals surface area contributed by atoms with E-state index in [2.05, 4.69) is 28.8 Å². The SMILES string of the molecule is CC(C)C1CNCCN1CCOCC(F)(F)F. The molecular weight excluding hydrogens is 233 g/mol. The second-order valence-corrected chi connectivity index (χ2v) is 4.72. The number of hydrogen-bond acceptors (Lipinski definition) is 3. The van der Waals surface area contributed by atoms with Crippen LogP contribution in [-0.2, 0) is 4.74 Å². The van der Waals surface area contributed by atoms with Gasteiger partial charge in [-0.3, -0.25) is 4.90 Å². The van der Waals surface area contributed by atoms with Crippen molar-refractivity contribution in [2.24, 2.45) is 5.92 Å². The number of ether oxygens (including phenoxy) is 1. The van der Waals surface area contributed by atoms with Crippen LogP contribution in [0.3, 0.4) is 0 Å². The van der Waals surface area contributed by atoms with E-state index in [1.807, 2.05) is 0 Å². The molecule has 0 amide bonds. The average molecular weight is 254 g/mol. The van der Waals surface area contributed by atoms with Crippen LogP contribution in [-0.4, -0.2) is 56.5 Å². The van der Waals surface area contributed by atoms with Crippen molar-refractivity contribution >= 4 is 0 Å². The molecule has 1 aliphatic heterocycles. The van der Waals surface area contributed by atoms with E-state index in [0.717, 1.165) is 19.6 Å². The highest BCUT2D eigenvalue weighted by Gasteiger charge is 2.28. The van der Waals surface area contributed by atoms with Gasteiger partial charge in [0.25, 0.3) is 0 Å². The number of alkyl halides is 3. The zero-order chi connectivity index (χ0) is 12.9. The van der Waals surface area contributed by atoms with Gasteiger partial charge >= 0.3 is 6.18 Å². The predicted molar refractivity (Wildman–Crippen MR) is 59.9 cm³/mol. The number of halogens is 3. The van der Waals surface area contributed by atoms with Crippen molar-refractivity contribution in [1.29, 1.82) is 0 Å². The molecule has 3 nitrogen and oxygen atoms in total. The van der Waals surface area contributed by atoms with Crippen LogP contribution in [0.25, 0.3) is 0 Å². The fourth-order valence-corrected chi connectivity index (χ4v) is 2.07. The van der Waals surface area contributed by atoms with Gasteiger partial charge in [-0.15, -0.1) is 0 Å². The molecule has 1 N–H and O–H groups in total. The molecule has 1 aliphatic rings. The molecule has 0 aromatic heterocycles. The lowest BCUT2D eigenvalue weighted by Crippen LogP contribution is -2.54. The van der Waals surface area contributed by atoms with Crippen LogP contribution in [0.5, 0.6) is 0 Å². The first-order valence-corrected chi connectivity index (χ1v) is 5.99. The van der Waals surface area contributed by atoms with Gasteiger partial charge in [0.2, 0.25) is 0 Å². The van der Waals surface area contributed by atoms with Crippen molar-refractivity contribution in [2.45, 2.75) is 26.1 Å². The minimum absolute atomic E-state index is 0.142. The van der Waals surface area contributed by atoms with Gasteiger partial charge in [-0.2, -0.15) is 13.2 Å². The van der Waals surface area contributed by atoms with E-state index >= 15 is 0 Å². The Balaban J connectivity index is 2.24. The minimum atomic E-state index is -4.22. The van der Waals surface area contributed by atoms with Gasteiger partial charge in [0, 0.05) is 32.2 Å². The van der Waals surface area contributed by atoms with Crippen molar-refractivity contribution in [3.63, 3.8) is 0 Å². The van der Waals surface area contributed by atoms with Crippen LogP contribution >= 0.6 is 0 Å². The average Bonchev–Trinajstić information content (AvgIpc) is 2.23. The Morgan fingerprint density at radius 2 is 2.12 bits per heavy atom. The Labute approximate surface area is 100 Å². The molecule has 1 atom stereocenters. The maximum Gasteiger partial charge on any atom is 0.411 e. The van der Waals surface area contributed by atoms with Gasteiger partial charge in [0.05, 0.1) is 6.61 Å². The maximum atomic E-state index is 11.9. The smallest absolute Gasteiger partial charge is 0.371 e. The summed E-state index contributed by atoms with van der Waals surface area (Å²) in [6.07, 6.45) is -4.22. The van der Waals surface area contributed by atoms with E-state index < -0.39 is 12.8 Å². The summed E-state index contributed by atoms with van der Waals surface area (Å²) < 4.78 is 40.3. The molecule has 0 radical (unpaired) electrons. The van der Waals surface area contributed by atoms with Crippen molar-refractivity contribution in [1.82, 2.24) is 10.2 Å². The van der Waals surface area contributed by atoms with Crippen molar-refractivity contribution in [3.05, 3.63) is 0 Å². The zero-order valence-corrected chi connectivity index (χ0v) is 10.4. The Bertz CT molecular complexity index is 221. The monoisotopic (exact) mass is 254 g/mol. The topological polar surface area (TPSA) is 24.5 Å². The fraction of sp³-hybridized carbons (Fsp3) is 1.00. The van der Waals surface area contributed by atoms with Gasteiger partial charge < -0.3 is 10.1 Å². The molecule has 0 aromatic carbocycles. The molecule has 17 heavy (non-hydrogen) atoms. The van der Waals surface area contributed by atoms with E-state index in [9.17, 15) is 13.2 Å². The summed E-state index contributed by atoms with van der Waals surface area (Å²) in [5.41, 5.74) is 0. The summed E-state index contributed by atoms with van der Waals surface area (Å²) in [4.78, 5) is 2.21. The van der Waals surface area contributed by atoms with Crippen LogP contribution in [0.2, 0.25) is 0 Å². The molecule has 0 aromatic rings. The Morgan fingerprint density at radius 1 is 1.41 bits per heavy atom. The van der Waals surface area contributed by atoms with E-state index in [4.69, 9.17) is 0 Å². The normalized spacial score (nSPS) is 23.3. The highest BCUT2D eigenvalue weighted by molar-refractivity contribution is 4.81. The highest BCUT2D eigenvalue weighted by Crippen LogP contribution is 2.15. The van der Waals surface area contributed by atoms with Crippen LogP contribution in [0.1, 0.15) is 13.8 Å². The molecule has 0 bridgehead atoms. The second kappa shape index (κ2) is 6.56. The molecular formula is C11H21F3N2O. The molecule has 0 saturated carbocycles. The quantitative estimate of drug-likeness (QED) is 0.752. The van der Waals surface area contributed by atoms with Crippen LogP contribution < -0.4 is 5.32 Å². The number of nitrogens with one attached hydrogen (secondary N) is 1. The van der Waals surface area contributed by atoms with Crippen LogP contribution in [0.15, 0.2) is 0 Å². The van der Waals surface area contributed by atoms with Gasteiger partial charge in [-0.25, -0.2) is 0 Å². The number of rotatable bonds is 5. The Hall–Kier alpha value is -0.330. The largest absolute Gasteiger partial charge is 0.411 e. The summed E-state index contributed by atoms with van der Waals surface area (Å²) in [6, 6.07) is 0.387. The molecule has 1 saturated heterocycles. The fourth-order valence-electron chi connectivity index (χ4n) is 2.07. The number of piperazine rings is 1. The second-order valence-electron chi connectivity index (χ2n) is 4.72. The van der Waals surface area contributed by atoms with E-state index in [0.29, 0.717) is 18.5 Å². The standard InChI is InChI=1S/C11H21F3N2O/c1-9(2)10-7-15-3-4-16(10)5-6-17-8-11(12,13)14/h9-10,15H,3-8H2,1-2H3. The summed E-state index contributed by atoms with van der Waals surface area (Å²) >= 11 is 0. The number of hydrogen-bond donors (Lipinski definition) is 1. The maximum absolute atomic E-state index is 11.9. The first-order chi connectivity index (χ1) is 7.90. The molecule has 1 unspecified atom stereocenters. The molecule has 0 spiro atoms. The third-order valence-electron chi connectivity index (χ3n) is 2.96. The van der Waals surface area contributed by atoms with Crippen molar-refractivity contribution < 1.29 is 17.9 Å². The van der Waals surface area contributed by atoms with Gasteiger partial charge in [-0.05, 0) is 5.92 Å². The number of nitrogens with zero attached hydrogens (tertiary/aromatic N) is 1. The first kappa shape index (κ1) is 14.7. The predicted octanol–water partition coefficient (Wildman–Crippen LogP) is 1.50. The van der Waals surface area contributed by atoms with E-state index in [1.165, 1.54) is 0 Å². The summed E-state index contributed by atoms with van der Waals surface area (Å²) in [6.45, 7) is 6.48. The minimum Gasteiger partial charge on any atom is -0.371 e. The molecule has 1 heterocycles. The third kappa shape index (κ3) is 5.70. The van der Waals surface area contributed by atoms with Crippen LogP contribution in [0, 0.1) is 5.92 Å². The molecule has 0 aliphatic carbocycles. The highest BCUT2D eigenvalue weighted by atomic mass is 19.4. The summed E-state index contributed by atoms with van der Waals surface area (Å²) in [7, 11) is 0. The lowest BCUT2D eigenvalue weighted by atomic mass is 10.0. The molecule has 6 heteroatoms. The zero-order valence-electron chi connectivity index (χ0n) is 10.4. The Morgan fingerprint density at radius 3 is 2.71 bits per heavy atom. The molecule has 1 fully saturated rings. The Kier molecular flexibility index (Phi) is 5.69. The first-order valence-electron chi connectivity index (χ1n) is 5.99.